The lowest BCUT2D eigenvalue weighted by Gasteiger charge is -2.33. The molecule has 2 aliphatic heterocycles. The highest BCUT2D eigenvalue weighted by atomic mass is 19.4. The highest BCUT2D eigenvalue weighted by Crippen LogP contribution is 2.51. The number of urea groups is 1. The van der Waals surface area contributed by atoms with Gasteiger partial charge in [0.1, 0.15) is 11.3 Å². The van der Waals surface area contributed by atoms with Crippen molar-refractivity contribution in [1.29, 1.82) is 0 Å². The van der Waals surface area contributed by atoms with E-state index in [1.165, 1.54) is 0 Å². The van der Waals surface area contributed by atoms with Crippen molar-refractivity contribution in [3.05, 3.63) is 52.6 Å². The summed E-state index contributed by atoms with van der Waals surface area (Å²) in [7, 11) is 0. The summed E-state index contributed by atoms with van der Waals surface area (Å²) in [6, 6.07) is 5.37. The average Bonchev–Trinajstić information content (AvgIpc) is 3.55. The Kier molecular flexibility index (Phi) is 10.1. The van der Waals surface area contributed by atoms with Gasteiger partial charge < -0.3 is 24.6 Å². The van der Waals surface area contributed by atoms with Gasteiger partial charge in [-0.05, 0) is 80.0 Å². The lowest BCUT2D eigenvalue weighted by Crippen LogP contribution is -2.54. The molecule has 2 N–H and O–H groups in total. The molecule has 1 fully saturated rings. The number of carbonyl (C=O) groups excluding carboxylic acids is 2. The minimum Gasteiger partial charge on any atom is -0.493 e. The maximum Gasteiger partial charge on any atom is 0.430 e. The molecule has 0 spiro atoms. The number of benzene rings is 2. The summed E-state index contributed by atoms with van der Waals surface area (Å²) in [5, 5.41) is 12.9. The molecule has 0 aromatic heterocycles. The number of rotatable bonds is 13. The minimum absolute atomic E-state index is 0.0185. The number of hydrogen-bond acceptors (Lipinski definition) is 6. The van der Waals surface area contributed by atoms with E-state index in [2.05, 4.69) is 5.32 Å². The summed E-state index contributed by atoms with van der Waals surface area (Å²) in [6.07, 6.45) is -10.1. The van der Waals surface area contributed by atoms with Crippen LogP contribution in [0.4, 0.5) is 31.1 Å². The number of hydrogen-bond donors (Lipinski definition) is 2. The van der Waals surface area contributed by atoms with Crippen LogP contribution in [0.15, 0.2) is 30.3 Å². The van der Waals surface area contributed by atoms with E-state index < -0.39 is 47.0 Å². The van der Waals surface area contributed by atoms with Crippen LogP contribution in [0.3, 0.4) is 0 Å². The van der Waals surface area contributed by atoms with Crippen LogP contribution in [0.1, 0.15) is 82.1 Å². The number of imide groups is 1. The molecule has 46 heavy (non-hydrogen) atoms. The van der Waals surface area contributed by atoms with Gasteiger partial charge in [-0.25, -0.2) is 4.79 Å². The molecule has 0 radical (unpaired) electrons. The van der Waals surface area contributed by atoms with Crippen LogP contribution in [0, 0.1) is 0 Å². The van der Waals surface area contributed by atoms with Crippen LogP contribution >= 0.6 is 0 Å². The normalized spacial score (nSPS) is 19.1. The van der Waals surface area contributed by atoms with Crippen molar-refractivity contribution in [1.82, 2.24) is 10.2 Å². The molecule has 254 valence electrons. The van der Waals surface area contributed by atoms with Gasteiger partial charge in [0.25, 0.3) is 11.5 Å². The molecule has 2 aromatic rings. The predicted molar refractivity (Wildman–Crippen MR) is 155 cm³/mol. The molecule has 3 amide bonds. The molecule has 8 nitrogen and oxygen atoms in total. The third-order valence-corrected chi connectivity index (χ3v) is 8.49. The van der Waals surface area contributed by atoms with Gasteiger partial charge >= 0.3 is 18.4 Å². The molecule has 0 bridgehead atoms. The van der Waals surface area contributed by atoms with Gasteiger partial charge in [0, 0.05) is 11.6 Å². The zero-order chi connectivity index (χ0) is 34.1. The monoisotopic (exact) mass is 660 g/mol. The minimum atomic E-state index is -6.01. The van der Waals surface area contributed by atoms with Crippen LogP contribution in [0.25, 0.3) is 0 Å². The van der Waals surface area contributed by atoms with E-state index >= 15 is 0 Å². The molecule has 14 heteroatoms. The summed E-state index contributed by atoms with van der Waals surface area (Å²) in [4.78, 5) is 27.9. The quantitative estimate of drug-likeness (QED) is 0.136. The molecule has 2 aliphatic rings. The average molecular weight is 661 g/mol. The van der Waals surface area contributed by atoms with Gasteiger partial charge in [0.05, 0.1) is 6.61 Å². The van der Waals surface area contributed by atoms with Gasteiger partial charge in [0.2, 0.25) is 6.79 Å². The number of nitrogens with one attached hydrogen (secondary N) is 1. The van der Waals surface area contributed by atoms with Crippen molar-refractivity contribution in [2.24, 2.45) is 0 Å². The van der Waals surface area contributed by atoms with Gasteiger partial charge in [-0.3, -0.25) is 9.69 Å². The Balaban J connectivity index is 1.51. The maximum absolute atomic E-state index is 13.7. The first-order chi connectivity index (χ1) is 21.6. The highest BCUT2D eigenvalue weighted by molar-refractivity contribution is 6.07. The Labute approximate surface area is 263 Å². The van der Waals surface area contributed by atoms with Crippen LogP contribution in [-0.4, -0.2) is 53.7 Å². The number of aliphatic hydroxyl groups is 1. The molecule has 2 heterocycles. The molecule has 1 saturated heterocycles. The lowest BCUT2D eigenvalue weighted by atomic mass is 9.86. The molecule has 1 unspecified atom stereocenters. The van der Waals surface area contributed by atoms with E-state index in [-0.39, 0.29) is 49.5 Å². The smallest absolute Gasteiger partial charge is 0.430 e. The fourth-order valence-corrected chi connectivity index (χ4v) is 6.02. The number of aryl methyl sites for hydroxylation is 2. The van der Waals surface area contributed by atoms with Crippen molar-refractivity contribution in [2.75, 3.05) is 13.4 Å². The second kappa shape index (κ2) is 13.2. The first-order valence-electron chi connectivity index (χ1n) is 15.3. The molecule has 4 rings (SSSR count). The SMILES string of the molecule is CCCc1cc(C(O)(C(F)(F)F)C(F)(F)F)cc(CCC)c1OCCCC(C)N1C(=O)N[C@@](CC)(c2ccc3c(c2)OCO3)C1=O. The van der Waals surface area contributed by atoms with Gasteiger partial charge in [-0.15, -0.1) is 0 Å². The summed E-state index contributed by atoms with van der Waals surface area (Å²) >= 11 is 0. The number of carbonyl (C=O) groups is 2. The number of fused-ring (bicyclic) bond motifs is 1. The first kappa shape index (κ1) is 35.2. The largest absolute Gasteiger partial charge is 0.493 e. The fraction of sp³-hybridized carbons (Fsp3) is 0.562. The molecule has 2 aromatic carbocycles. The van der Waals surface area contributed by atoms with Gasteiger partial charge in [-0.2, -0.15) is 26.3 Å². The lowest BCUT2D eigenvalue weighted by molar-refractivity contribution is -0.376. The summed E-state index contributed by atoms with van der Waals surface area (Å²) < 4.78 is 98.9. The standard InChI is InChI=1S/C32H38F6N2O6/c1-5-9-20-15-23(30(43,31(33,34)35)32(36,37)38)16-21(10-6-2)26(20)44-14-8-11-19(4)40-27(41)29(7-3,39-28(40)42)22-12-13-24-25(17-22)46-18-45-24/h12-13,15-17,19,43H,5-11,14,18H2,1-4H3,(H,39,42)/t19?,29-/m0/s1. The Morgan fingerprint density at radius 2 is 1.54 bits per heavy atom. The Morgan fingerprint density at radius 1 is 0.957 bits per heavy atom. The highest BCUT2D eigenvalue weighted by Gasteiger charge is 2.71. The van der Waals surface area contributed by atoms with Crippen molar-refractivity contribution >= 4 is 11.9 Å². The van der Waals surface area contributed by atoms with E-state index in [1.807, 2.05) is 0 Å². The molecular weight excluding hydrogens is 622 g/mol. The zero-order valence-electron chi connectivity index (χ0n) is 26.0. The van der Waals surface area contributed by atoms with Crippen molar-refractivity contribution in [3.8, 4) is 17.2 Å². The molecule has 0 aliphatic carbocycles. The second-order valence-electron chi connectivity index (χ2n) is 11.6. The fourth-order valence-electron chi connectivity index (χ4n) is 6.02. The third kappa shape index (κ3) is 6.19. The topological polar surface area (TPSA) is 97.3 Å². The summed E-state index contributed by atoms with van der Waals surface area (Å²) in [6.45, 7) is 6.99. The predicted octanol–water partition coefficient (Wildman–Crippen LogP) is 7.04. The Hall–Kier alpha value is -3.68. The van der Waals surface area contributed by atoms with E-state index in [4.69, 9.17) is 14.2 Å². The first-order valence-corrected chi connectivity index (χ1v) is 15.3. The van der Waals surface area contributed by atoms with Crippen molar-refractivity contribution in [3.63, 3.8) is 0 Å². The van der Waals surface area contributed by atoms with Gasteiger partial charge in [0.15, 0.2) is 11.5 Å². The van der Waals surface area contributed by atoms with Crippen LogP contribution in [0.2, 0.25) is 0 Å². The van der Waals surface area contributed by atoms with E-state index in [1.54, 1.807) is 45.9 Å². The molecule has 2 atom stereocenters. The Bertz CT molecular complexity index is 1400. The second-order valence-corrected chi connectivity index (χ2v) is 11.6. The van der Waals surface area contributed by atoms with Crippen LogP contribution in [0.5, 0.6) is 17.2 Å². The summed E-state index contributed by atoms with van der Waals surface area (Å²) in [5.74, 6) is 0.748. The van der Waals surface area contributed by atoms with Crippen molar-refractivity contribution < 1.29 is 55.2 Å². The number of nitrogens with zero attached hydrogens (tertiary/aromatic N) is 1. The third-order valence-electron chi connectivity index (χ3n) is 8.49. The van der Waals surface area contributed by atoms with E-state index in [9.17, 15) is 41.0 Å². The Morgan fingerprint density at radius 3 is 2.09 bits per heavy atom. The summed E-state index contributed by atoms with van der Waals surface area (Å²) in [5.41, 5.74) is -6.86. The number of ether oxygens (including phenoxy) is 3. The van der Waals surface area contributed by atoms with Crippen molar-refractivity contribution in [2.45, 2.75) is 102 Å². The molecular formula is C32H38F6N2O6. The van der Waals surface area contributed by atoms with E-state index in [0.29, 0.717) is 42.7 Å². The van der Waals surface area contributed by atoms with Gasteiger partial charge in [-0.1, -0.05) is 39.7 Å². The van der Waals surface area contributed by atoms with E-state index in [0.717, 1.165) is 17.0 Å². The van der Waals surface area contributed by atoms with Crippen LogP contribution in [-0.2, 0) is 28.8 Å². The maximum atomic E-state index is 13.7. The zero-order valence-corrected chi connectivity index (χ0v) is 26.0. The number of halogens is 6. The number of amides is 3. The van der Waals surface area contributed by atoms with Crippen LogP contribution < -0.4 is 19.5 Å². The number of alkyl halides is 6. The molecule has 0 saturated carbocycles.